The molecule has 5 heteroatoms. The first-order valence-corrected chi connectivity index (χ1v) is 12.0. The molecular weight excluding hydrogens is 416 g/mol. The molecular formula is C27H28N2O2S. The van der Waals surface area contributed by atoms with Crippen LogP contribution >= 0.6 is 11.3 Å². The number of ether oxygens (including phenoxy) is 1. The predicted molar refractivity (Wildman–Crippen MR) is 131 cm³/mol. The lowest BCUT2D eigenvalue weighted by Crippen LogP contribution is -2.26. The first-order valence-electron chi connectivity index (χ1n) is 11.2. The first kappa shape index (κ1) is 21.0. The van der Waals surface area contributed by atoms with Crippen LogP contribution in [0.3, 0.4) is 0 Å². The topological polar surface area (TPSA) is 55.0 Å². The fourth-order valence-corrected chi connectivity index (χ4v) is 5.81. The number of hydrogen-bond donors (Lipinski definition) is 1. The molecule has 4 aromatic rings. The van der Waals surface area contributed by atoms with Gasteiger partial charge in [0, 0.05) is 10.4 Å². The van der Waals surface area contributed by atoms with Crippen molar-refractivity contribution in [3.63, 3.8) is 0 Å². The van der Waals surface area contributed by atoms with Gasteiger partial charge in [0.1, 0.15) is 23.0 Å². The number of hydrogen-bond acceptors (Lipinski definition) is 4. The normalized spacial score (nSPS) is 16.2. The van der Waals surface area contributed by atoms with E-state index in [4.69, 9.17) is 9.72 Å². The second-order valence-corrected chi connectivity index (χ2v) is 10.8. The van der Waals surface area contributed by atoms with Crippen molar-refractivity contribution >= 4 is 21.6 Å². The molecule has 1 unspecified atom stereocenters. The second-order valence-electron chi connectivity index (χ2n) is 9.70. The van der Waals surface area contributed by atoms with Crippen molar-refractivity contribution in [3.05, 3.63) is 81.0 Å². The summed E-state index contributed by atoms with van der Waals surface area (Å²) >= 11 is 1.70. The number of rotatable bonds is 4. The Morgan fingerprint density at radius 2 is 1.84 bits per heavy atom. The minimum Gasteiger partial charge on any atom is -0.489 e. The maximum absolute atomic E-state index is 13.0. The number of fused-ring (bicyclic) bond motifs is 3. The molecule has 2 aromatic carbocycles. The maximum Gasteiger partial charge on any atom is 0.260 e. The van der Waals surface area contributed by atoms with Gasteiger partial charge in [0.25, 0.3) is 5.56 Å². The summed E-state index contributed by atoms with van der Waals surface area (Å²) in [5, 5.41) is 0.795. The average Bonchev–Trinajstić information content (AvgIpc) is 3.16. The fraction of sp³-hybridized carbons (Fsp3) is 0.333. The Bertz CT molecular complexity index is 1300. The number of aryl methyl sites for hydroxylation is 1. The van der Waals surface area contributed by atoms with Gasteiger partial charge in [0.15, 0.2) is 0 Å². The van der Waals surface area contributed by atoms with Crippen molar-refractivity contribution in [2.24, 2.45) is 11.3 Å². The molecule has 32 heavy (non-hydrogen) atoms. The van der Waals surface area contributed by atoms with Gasteiger partial charge in [0.05, 0.1) is 5.39 Å². The molecule has 0 aliphatic heterocycles. The highest BCUT2D eigenvalue weighted by Gasteiger charge is 2.31. The van der Waals surface area contributed by atoms with E-state index in [0.29, 0.717) is 18.3 Å². The number of H-pyrrole nitrogens is 1. The van der Waals surface area contributed by atoms with Crippen LogP contribution in [0.15, 0.2) is 59.4 Å². The Morgan fingerprint density at radius 1 is 1.09 bits per heavy atom. The smallest absolute Gasteiger partial charge is 0.260 e. The SMILES string of the molecule is CC(C)(C)C1CCc2c(sc3nc(-c4ccc(OCc5ccccc5)cc4)[nH]c(=O)c23)C1. The van der Waals surface area contributed by atoms with Crippen LogP contribution in [0.4, 0.5) is 0 Å². The highest BCUT2D eigenvalue weighted by molar-refractivity contribution is 7.18. The molecule has 0 spiro atoms. The molecule has 1 atom stereocenters. The molecule has 0 amide bonds. The van der Waals surface area contributed by atoms with E-state index < -0.39 is 0 Å². The zero-order valence-electron chi connectivity index (χ0n) is 18.8. The van der Waals surface area contributed by atoms with Gasteiger partial charge in [0.2, 0.25) is 0 Å². The zero-order chi connectivity index (χ0) is 22.3. The summed E-state index contributed by atoms with van der Waals surface area (Å²) in [7, 11) is 0. The zero-order valence-corrected chi connectivity index (χ0v) is 19.6. The van der Waals surface area contributed by atoms with Crippen molar-refractivity contribution in [2.75, 3.05) is 0 Å². The van der Waals surface area contributed by atoms with Gasteiger partial charge in [-0.2, -0.15) is 0 Å². The Balaban J connectivity index is 1.40. The minimum atomic E-state index is -0.0267. The molecule has 0 fully saturated rings. The highest BCUT2D eigenvalue weighted by atomic mass is 32.1. The van der Waals surface area contributed by atoms with Crippen molar-refractivity contribution < 1.29 is 4.74 Å². The number of benzene rings is 2. The van der Waals surface area contributed by atoms with Crippen LogP contribution in [0.1, 0.15) is 43.2 Å². The molecule has 1 aliphatic rings. The number of aromatic nitrogens is 2. The maximum atomic E-state index is 13.0. The van der Waals surface area contributed by atoms with E-state index in [1.165, 1.54) is 10.4 Å². The van der Waals surface area contributed by atoms with Crippen LogP contribution in [-0.2, 0) is 19.4 Å². The highest BCUT2D eigenvalue weighted by Crippen LogP contribution is 2.42. The standard InChI is InChI=1S/C27H28N2O2S/c1-27(2,3)19-11-14-21-22(15-19)32-26-23(21)25(30)28-24(29-26)18-9-12-20(13-10-18)31-16-17-7-5-4-6-8-17/h4-10,12-13,19H,11,14-16H2,1-3H3,(H,28,29,30). The van der Waals surface area contributed by atoms with Crippen molar-refractivity contribution in [2.45, 2.75) is 46.6 Å². The average molecular weight is 445 g/mol. The van der Waals surface area contributed by atoms with Crippen LogP contribution in [0.2, 0.25) is 0 Å². The Labute approximate surface area is 192 Å². The number of aromatic amines is 1. The largest absolute Gasteiger partial charge is 0.489 e. The lowest BCUT2D eigenvalue weighted by Gasteiger charge is -2.33. The van der Waals surface area contributed by atoms with Crippen LogP contribution in [0.5, 0.6) is 5.75 Å². The Kier molecular flexibility index (Phi) is 5.38. The van der Waals surface area contributed by atoms with Crippen molar-refractivity contribution in [3.8, 4) is 17.1 Å². The summed E-state index contributed by atoms with van der Waals surface area (Å²) in [6.07, 6.45) is 3.14. The third-order valence-corrected chi connectivity index (χ3v) is 7.67. The fourth-order valence-electron chi connectivity index (χ4n) is 4.51. The predicted octanol–water partition coefficient (Wildman–Crippen LogP) is 6.38. The van der Waals surface area contributed by atoms with Crippen LogP contribution in [0, 0.1) is 11.3 Å². The molecule has 0 saturated heterocycles. The minimum absolute atomic E-state index is 0.0267. The lowest BCUT2D eigenvalue weighted by molar-refractivity contribution is 0.218. The van der Waals surface area contributed by atoms with E-state index in [9.17, 15) is 4.79 Å². The van der Waals surface area contributed by atoms with E-state index >= 15 is 0 Å². The first-order chi connectivity index (χ1) is 15.4. The number of thiophene rings is 1. The van der Waals surface area contributed by atoms with Gasteiger partial charge < -0.3 is 9.72 Å². The molecule has 4 nitrogen and oxygen atoms in total. The molecule has 0 saturated carbocycles. The van der Waals surface area contributed by atoms with Gasteiger partial charge in [-0.25, -0.2) is 4.98 Å². The van der Waals surface area contributed by atoms with Gasteiger partial charge >= 0.3 is 0 Å². The summed E-state index contributed by atoms with van der Waals surface area (Å²) in [5.74, 6) is 2.05. The Morgan fingerprint density at radius 3 is 2.56 bits per heavy atom. The molecule has 2 heterocycles. The molecule has 1 aliphatic carbocycles. The lowest BCUT2D eigenvalue weighted by atomic mass is 9.72. The van der Waals surface area contributed by atoms with Gasteiger partial charge in [-0.1, -0.05) is 51.1 Å². The van der Waals surface area contributed by atoms with Crippen molar-refractivity contribution in [1.29, 1.82) is 0 Å². The van der Waals surface area contributed by atoms with Gasteiger partial charge in [-0.05, 0) is 66.0 Å². The van der Waals surface area contributed by atoms with E-state index in [1.807, 2.05) is 54.6 Å². The number of nitrogens with one attached hydrogen (secondary N) is 1. The molecule has 0 bridgehead atoms. The van der Waals surface area contributed by atoms with E-state index in [0.717, 1.165) is 46.4 Å². The summed E-state index contributed by atoms with van der Waals surface area (Å²) in [6, 6.07) is 17.9. The molecule has 2 aromatic heterocycles. The van der Waals surface area contributed by atoms with E-state index in [1.54, 1.807) is 11.3 Å². The summed E-state index contributed by atoms with van der Waals surface area (Å²) in [4.78, 5) is 23.1. The van der Waals surface area contributed by atoms with Crippen LogP contribution < -0.4 is 10.3 Å². The molecule has 1 N–H and O–H groups in total. The quantitative estimate of drug-likeness (QED) is 0.397. The summed E-state index contributed by atoms with van der Waals surface area (Å²) < 4.78 is 5.88. The third-order valence-electron chi connectivity index (χ3n) is 6.52. The van der Waals surface area contributed by atoms with Crippen LogP contribution in [0.25, 0.3) is 21.6 Å². The Hall–Kier alpha value is -2.92. The van der Waals surface area contributed by atoms with Crippen molar-refractivity contribution in [1.82, 2.24) is 9.97 Å². The molecule has 5 rings (SSSR count). The van der Waals surface area contributed by atoms with Gasteiger partial charge in [-0.3, -0.25) is 4.79 Å². The van der Waals surface area contributed by atoms with E-state index in [2.05, 4.69) is 25.8 Å². The van der Waals surface area contributed by atoms with Gasteiger partial charge in [-0.15, -0.1) is 11.3 Å². The summed E-state index contributed by atoms with van der Waals surface area (Å²) in [5.41, 5.74) is 3.48. The third kappa shape index (κ3) is 4.09. The molecule has 164 valence electrons. The summed E-state index contributed by atoms with van der Waals surface area (Å²) in [6.45, 7) is 7.46. The number of nitrogens with zero attached hydrogens (tertiary/aromatic N) is 1. The van der Waals surface area contributed by atoms with Crippen LogP contribution in [-0.4, -0.2) is 9.97 Å². The monoisotopic (exact) mass is 444 g/mol. The molecule has 0 radical (unpaired) electrons. The second kappa shape index (κ2) is 8.21. The van der Waals surface area contributed by atoms with E-state index in [-0.39, 0.29) is 11.0 Å².